The lowest BCUT2D eigenvalue weighted by Gasteiger charge is -2.11. The number of nitrogens with zero attached hydrogens (tertiary/aromatic N) is 1. The summed E-state index contributed by atoms with van der Waals surface area (Å²) in [6.07, 6.45) is 1.23. The number of hydrogen-bond donors (Lipinski definition) is 2. The molecule has 1 rings (SSSR count). The summed E-state index contributed by atoms with van der Waals surface area (Å²) in [5.74, 6) is 0.737. The maximum Gasteiger partial charge on any atom is 0.191 e. The number of aliphatic imine (C=N–C) groups is 1. The number of benzene rings is 1. The molecule has 0 bridgehead atoms. The summed E-state index contributed by atoms with van der Waals surface area (Å²) in [5, 5.41) is 6.13. The van der Waals surface area contributed by atoms with Gasteiger partial charge >= 0.3 is 0 Å². The van der Waals surface area contributed by atoms with Gasteiger partial charge in [0.25, 0.3) is 0 Å². The van der Waals surface area contributed by atoms with Crippen LogP contribution in [0, 0.1) is 6.92 Å². The van der Waals surface area contributed by atoms with Gasteiger partial charge in [-0.15, -0.1) is 0 Å². The summed E-state index contributed by atoms with van der Waals surface area (Å²) in [5.41, 5.74) is 2.36. The molecule has 0 saturated carbocycles. The van der Waals surface area contributed by atoms with Gasteiger partial charge in [-0.1, -0.05) is 24.3 Å². The molecule has 112 valence electrons. The monoisotopic (exact) mass is 297 g/mol. The van der Waals surface area contributed by atoms with Crippen molar-refractivity contribution in [1.82, 2.24) is 10.6 Å². The molecule has 0 aromatic heterocycles. The van der Waals surface area contributed by atoms with Crippen LogP contribution in [0.25, 0.3) is 0 Å². The third-order valence-corrected chi connectivity index (χ3v) is 3.72. The lowest BCUT2D eigenvalue weighted by Crippen LogP contribution is -2.39. The Balaban J connectivity index is 2.61. The predicted molar refractivity (Wildman–Crippen MR) is 83.7 cm³/mol. The van der Waals surface area contributed by atoms with Crippen molar-refractivity contribution in [3.63, 3.8) is 0 Å². The maximum atomic E-state index is 11.1. The Hall–Kier alpha value is -1.56. The Bertz CT molecular complexity index is 553. The minimum Gasteiger partial charge on any atom is -0.357 e. The van der Waals surface area contributed by atoms with Crippen molar-refractivity contribution in [3.05, 3.63) is 35.4 Å². The predicted octanol–water partition coefficient (Wildman–Crippen LogP) is 1.09. The Morgan fingerprint density at radius 2 is 1.95 bits per heavy atom. The van der Waals surface area contributed by atoms with Crippen molar-refractivity contribution in [2.24, 2.45) is 4.99 Å². The van der Waals surface area contributed by atoms with Gasteiger partial charge in [-0.2, -0.15) is 0 Å². The van der Waals surface area contributed by atoms with Crippen molar-refractivity contribution >= 4 is 15.8 Å². The highest BCUT2D eigenvalue weighted by molar-refractivity contribution is 7.90. The Labute approximate surface area is 121 Å². The van der Waals surface area contributed by atoms with E-state index in [9.17, 15) is 8.42 Å². The van der Waals surface area contributed by atoms with E-state index >= 15 is 0 Å². The normalized spacial score (nSPS) is 12.2. The maximum absolute atomic E-state index is 11.1. The molecule has 5 nitrogen and oxygen atoms in total. The van der Waals surface area contributed by atoms with Crippen LogP contribution in [0.3, 0.4) is 0 Å². The van der Waals surface area contributed by atoms with E-state index in [0.717, 1.165) is 12.1 Å². The summed E-state index contributed by atoms with van der Waals surface area (Å²) in [7, 11) is -2.95. The lowest BCUT2D eigenvalue weighted by atomic mass is 10.1. The molecule has 0 spiro atoms. The van der Waals surface area contributed by atoms with Gasteiger partial charge in [0, 0.05) is 19.3 Å². The van der Waals surface area contributed by atoms with E-state index in [0.29, 0.717) is 19.0 Å². The fourth-order valence-electron chi connectivity index (χ4n) is 1.65. The standard InChI is InChI=1S/C14H23N3O2S/c1-4-15-14(16-9-10-20(3,18)19)17-11-13-8-6-5-7-12(13)2/h5-8H,4,9-11H2,1-3H3,(H2,15,16,17). The van der Waals surface area contributed by atoms with Crippen LogP contribution in [0.4, 0.5) is 0 Å². The van der Waals surface area contributed by atoms with Gasteiger partial charge in [-0.05, 0) is 25.0 Å². The van der Waals surface area contributed by atoms with Crippen LogP contribution in [-0.2, 0) is 16.4 Å². The number of nitrogens with one attached hydrogen (secondary N) is 2. The number of hydrogen-bond acceptors (Lipinski definition) is 3. The van der Waals surface area contributed by atoms with Gasteiger partial charge in [-0.25, -0.2) is 13.4 Å². The quantitative estimate of drug-likeness (QED) is 0.609. The Morgan fingerprint density at radius 1 is 1.25 bits per heavy atom. The smallest absolute Gasteiger partial charge is 0.191 e. The van der Waals surface area contributed by atoms with E-state index in [-0.39, 0.29) is 5.75 Å². The summed E-state index contributed by atoms with van der Waals surface area (Å²) in [6.45, 7) is 5.69. The van der Waals surface area contributed by atoms with Crippen LogP contribution in [-0.4, -0.2) is 39.5 Å². The minimum absolute atomic E-state index is 0.0990. The first-order chi connectivity index (χ1) is 9.42. The molecule has 0 aliphatic rings. The van der Waals surface area contributed by atoms with Gasteiger partial charge in [0.1, 0.15) is 9.84 Å². The molecule has 0 aliphatic carbocycles. The largest absolute Gasteiger partial charge is 0.357 e. The average molecular weight is 297 g/mol. The van der Waals surface area contributed by atoms with E-state index in [1.807, 2.05) is 25.1 Å². The topological polar surface area (TPSA) is 70.6 Å². The molecule has 0 fully saturated rings. The number of guanidine groups is 1. The third kappa shape index (κ3) is 6.56. The van der Waals surface area contributed by atoms with Gasteiger partial charge in [0.2, 0.25) is 0 Å². The minimum atomic E-state index is -2.95. The number of sulfone groups is 1. The van der Waals surface area contributed by atoms with Crippen LogP contribution >= 0.6 is 0 Å². The van der Waals surface area contributed by atoms with Crippen molar-refractivity contribution < 1.29 is 8.42 Å². The molecule has 6 heteroatoms. The molecular weight excluding hydrogens is 274 g/mol. The average Bonchev–Trinajstić information content (AvgIpc) is 2.36. The Kier molecular flexibility index (Phi) is 6.51. The van der Waals surface area contributed by atoms with Gasteiger partial charge in [-0.3, -0.25) is 0 Å². The zero-order chi connectivity index (χ0) is 15.0. The second kappa shape index (κ2) is 7.89. The van der Waals surface area contributed by atoms with E-state index in [1.54, 1.807) is 0 Å². The van der Waals surface area contributed by atoms with E-state index in [4.69, 9.17) is 0 Å². The molecule has 0 radical (unpaired) electrons. The van der Waals surface area contributed by atoms with Crippen molar-refractivity contribution in [3.8, 4) is 0 Å². The molecule has 0 amide bonds. The zero-order valence-corrected chi connectivity index (χ0v) is 13.1. The highest BCUT2D eigenvalue weighted by atomic mass is 32.2. The van der Waals surface area contributed by atoms with Crippen molar-refractivity contribution in [1.29, 1.82) is 0 Å². The number of aryl methyl sites for hydroxylation is 1. The SMILES string of the molecule is CCNC(=NCc1ccccc1C)NCCS(C)(=O)=O. The molecule has 0 saturated heterocycles. The third-order valence-electron chi connectivity index (χ3n) is 2.78. The van der Waals surface area contributed by atoms with Crippen molar-refractivity contribution in [2.45, 2.75) is 20.4 Å². The zero-order valence-electron chi connectivity index (χ0n) is 12.3. The highest BCUT2D eigenvalue weighted by Crippen LogP contribution is 2.07. The van der Waals surface area contributed by atoms with E-state index < -0.39 is 9.84 Å². The molecule has 0 heterocycles. The molecule has 2 N–H and O–H groups in total. The van der Waals surface area contributed by atoms with Crippen LogP contribution in [0.5, 0.6) is 0 Å². The van der Waals surface area contributed by atoms with Crippen LogP contribution in [0.2, 0.25) is 0 Å². The molecule has 1 aromatic carbocycles. The summed E-state index contributed by atoms with van der Waals surface area (Å²) >= 11 is 0. The Morgan fingerprint density at radius 3 is 2.55 bits per heavy atom. The van der Waals surface area contributed by atoms with E-state index in [1.165, 1.54) is 11.8 Å². The molecule has 0 aliphatic heterocycles. The fraction of sp³-hybridized carbons (Fsp3) is 0.500. The van der Waals surface area contributed by atoms with Gasteiger partial charge < -0.3 is 10.6 Å². The van der Waals surface area contributed by atoms with Crippen LogP contribution in [0.1, 0.15) is 18.1 Å². The molecule has 1 aromatic rings. The van der Waals surface area contributed by atoms with Crippen LogP contribution < -0.4 is 10.6 Å². The van der Waals surface area contributed by atoms with Gasteiger partial charge in [0.15, 0.2) is 5.96 Å². The van der Waals surface area contributed by atoms with E-state index in [2.05, 4.69) is 28.6 Å². The first-order valence-electron chi connectivity index (χ1n) is 6.67. The molecular formula is C14H23N3O2S. The fourth-order valence-corrected chi connectivity index (χ4v) is 2.12. The first-order valence-corrected chi connectivity index (χ1v) is 8.73. The number of rotatable bonds is 6. The highest BCUT2D eigenvalue weighted by Gasteiger charge is 2.03. The first kappa shape index (κ1) is 16.5. The van der Waals surface area contributed by atoms with Crippen molar-refractivity contribution in [2.75, 3.05) is 25.1 Å². The second-order valence-electron chi connectivity index (χ2n) is 4.68. The molecule has 0 atom stereocenters. The summed E-state index contributed by atoms with van der Waals surface area (Å²) in [6, 6.07) is 8.08. The summed E-state index contributed by atoms with van der Waals surface area (Å²) < 4.78 is 22.2. The summed E-state index contributed by atoms with van der Waals surface area (Å²) in [4.78, 5) is 4.46. The van der Waals surface area contributed by atoms with Crippen LogP contribution in [0.15, 0.2) is 29.3 Å². The molecule has 0 unspecified atom stereocenters. The molecule has 20 heavy (non-hydrogen) atoms. The second-order valence-corrected chi connectivity index (χ2v) is 6.94. The lowest BCUT2D eigenvalue weighted by molar-refractivity contribution is 0.600. The van der Waals surface area contributed by atoms with Gasteiger partial charge in [0.05, 0.1) is 12.3 Å².